The summed E-state index contributed by atoms with van der Waals surface area (Å²) < 4.78 is 5.36. The molecule has 24 heavy (non-hydrogen) atoms. The topological polar surface area (TPSA) is 53.6 Å². The first-order chi connectivity index (χ1) is 10.8. The van der Waals surface area contributed by atoms with Crippen molar-refractivity contribution < 1.29 is 9.53 Å². The van der Waals surface area contributed by atoms with Gasteiger partial charge in [-0.15, -0.1) is 24.8 Å². The van der Waals surface area contributed by atoms with E-state index < -0.39 is 0 Å². The third-order valence-electron chi connectivity index (χ3n) is 4.34. The molecule has 2 aliphatic heterocycles. The molecule has 0 saturated carbocycles. The number of nitrogens with one attached hydrogen (secondary N) is 2. The zero-order valence-corrected chi connectivity index (χ0v) is 15.5. The molecule has 2 N–H and O–H groups in total. The monoisotopic (exact) mass is 375 g/mol. The molecule has 0 aliphatic carbocycles. The van der Waals surface area contributed by atoms with Gasteiger partial charge in [0.2, 0.25) is 5.91 Å². The molecule has 7 heteroatoms. The maximum atomic E-state index is 12.0. The Bertz CT molecular complexity index is 487. The van der Waals surface area contributed by atoms with Gasteiger partial charge in [-0.2, -0.15) is 0 Å². The number of carbonyl (C=O) groups excluding carboxylic acids is 1. The van der Waals surface area contributed by atoms with E-state index >= 15 is 0 Å². The number of benzene rings is 1. The van der Waals surface area contributed by atoms with Gasteiger partial charge in [-0.1, -0.05) is 12.1 Å². The van der Waals surface area contributed by atoms with Crippen molar-refractivity contribution in [2.24, 2.45) is 0 Å². The van der Waals surface area contributed by atoms with Crippen molar-refractivity contribution in [3.8, 4) is 0 Å². The Hall–Kier alpha value is -0.850. The van der Waals surface area contributed by atoms with E-state index in [2.05, 4.69) is 27.7 Å². The number of morpholine rings is 1. The van der Waals surface area contributed by atoms with Crippen LogP contribution in [-0.4, -0.2) is 49.7 Å². The molecule has 1 amide bonds. The highest BCUT2D eigenvalue weighted by Crippen LogP contribution is 2.14. The summed E-state index contributed by atoms with van der Waals surface area (Å²) >= 11 is 0. The maximum Gasteiger partial charge on any atom is 0.225 e. The van der Waals surface area contributed by atoms with Gasteiger partial charge in [-0.05, 0) is 37.1 Å². The molecule has 1 aromatic rings. The number of ether oxygens (including phenoxy) is 1. The molecule has 0 radical (unpaired) electrons. The van der Waals surface area contributed by atoms with Crippen molar-refractivity contribution >= 4 is 36.4 Å². The van der Waals surface area contributed by atoms with Gasteiger partial charge in [0.25, 0.3) is 0 Å². The highest BCUT2D eigenvalue weighted by atomic mass is 35.5. The zero-order valence-electron chi connectivity index (χ0n) is 13.8. The first kappa shape index (κ1) is 21.2. The summed E-state index contributed by atoms with van der Waals surface area (Å²) in [6.45, 7) is 5.62. The number of rotatable bonds is 5. The molecule has 0 bridgehead atoms. The minimum Gasteiger partial charge on any atom is -0.379 e. The van der Waals surface area contributed by atoms with Crippen LogP contribution in [0.2, 0.25) is 0 Å². The number of hydrogen-bond donors (Lipinski definition) is 2. The normalized spacial score (nSPS) is 20.8. The third-order valence-corrected chi connectivity index (χ3v) is 4.34. The van der Waals surface area contributed by atoms with E-state index in [9.17, 15) is 4.79 Å². The second-order valence-electron chi connectivity index (χ2n) is 6.13. The number of nitrogens with zero attached hydrogens (tertiary/aromatic N) is 1. The average Bonchev–Trinajstić information content (AvgIpc) is 3.03. The van der Waals surface area contributed by atoms with Crippen molar-refractivity contribution in [2.45, 2.75) is 31.8 Å². The number of hydrogen-bond acceptors (Lipinski definition) is 4. The molecule has 2 aliphatic rings. The molecule has 0 aromatic heterocycles. The quantitative estimate of drug-likeness (QED) is 0.829. The fourth-order valence-electron chi connectivity index (χ4n) is 3.08. The van der Waals surface area contributed by atoms with Crippen molar-refractivity contribution in [1.29, 1.82) is 0 Å². The summed E-state index contributed by atoms with van der Waals surface area (Å²) in [4.78, 5) is 14.4. The number of anilines is 1. The van der Waals surface area contributed by atoms with E-state index in [-0.39, 0.29) is 30.7 Å². The lowest BCUT2D eigenvalue weighted by atomic mass is 10.1. The second kappa shape index (κ2) is 10.9. The minimum atomic E-state index is 0. The maximum absolute atomic E-state index is 12.0. The molecule has 1 atom stereocenters. The Kier molecular flexibility index (Phi) is 9.63. The van der Waals surface area contributed by atoms with Gasteiger partial charge in [0.15, 0.2) is 0 Å². The third kappa shape index (κ3) is 6.57. The Morgan fingerprint density at radius 2 is 1.92 bits per heavy atom. The summed E-state index contributed by atoms with van der Waals surface area (Å²) in [5.74, 6) is 0.0975. The lowest BCUT2D eigenvalue weighted by molar-refractivity contribution is -0.116. The summed E-state index contributed by atoms with van der Waals surface area (Å²) in [5, 5.41) is 6.34. The second-order valence-corrected chi connectivity index (χ2v) is 6.13. The molecule has 3 rings (SSSR count). The van der Waals surface area contributed by atoms with Crippen LogP contribution < -0.4 is 10.6 Å². The van der Waals surface area contributed by atoms with Gasteiger partial charge in [-0.3, -0.25) is 9.69 Å². The Morgan fingerprint density at radius 1 is 1.21 bits per heavy atom. The van der Waals surface area contributed by atoms with Crippen molar-refractivity contribution in [2.75, 3.05) is 38.2 Å². The molecule has 1 aromatic carbocycles. The fourth-order valence-corrected chi connectivity index (χ4v) is 3.08. The highest BCUT2D eigenvalue weighted by Gasteiger charge is 2.17. The zero-order chi connectivity index (χ0) is 15.2. The molecule has 2 saturated heterocycles. The standard InChI is InChI=1S/C17H25N3O2.2ClH/c21-17(12-16-2-1-7-18-16)19-15-5-3-14(4-6-15)13-20-8-10-22-11-9-20;;/h3-6,16,18H,1-2,7-13H2,(H,19,21);2*1H. The van der Waals surface area contributed by atoms with Crippen LogP contribution in [0.5, 0.6) is 0 Å². The van der Waals surface area contributed by atoms with Crippen LogP contribution in [0.25, 0.3) is 0 Å². The van der Waals surface area contributed by atoms with Gasteiger partial charge >= 0.3 is 0 Å². The lowest BCUT2D eigenvalue weighted by Gasteiger charge is -2.26. The SMILES string of the molecule is Cl.Cl.O=C(CC1CCCN1)Nc1ccc(CN2CCOCC2)cc1. The largest absolute Gasteiger partial charge is 0.379 e. The van der Waals surface area contributed by atoms with E-state index in [4.69, 9.17) is 4.74 Å². The van der Waals surface area contributed by atoms with Gasteiger partial charge in [0.05, 0.1) is 13.2 Å². The molecular weight excluding hydrogens is 349 g/mol. The lowest BCUT2D eigenvalue weighted by Crippen LogP contribution is -2.35. The molecular formula is C17H27Cl2N3O2. The number of halogens is 2. The van der Waals surface area contributed by atoms with Crippen LogP contribution in [0, 0.1) is 0 Å². The summed E-state index contributed by atoms with van der Waals surface area (Å²) in [6, 6.07) is 8.53. The van der Waals surface area contributed by atoms with E-state index in [1.165, 1.54) is 12.0 Å². The molecule has 2 fully saturated rings. The summed E-state index contributed by atoms with van der Waals surface area (Å²) in [6.07, 6.45) is 2.84. The summed E-state index contributed by atoms with van der Waals surface area (Å²) in [5.41, 5.74) is 2.16. The molecule has 136 valence electrons. The van der Waals surface area contributed by atoms with E-state index in [1.54, 1.807) is 0 Å². The molecule has 0 spiro atoms. The van der Waals surface area contributed by atoms with Crippen molar-refractivity contribution in [3.05, 3.63) is 29.8 Å². The van der Waals surface area contributed by atoms with Gasteiger partial charge in [0.1, 0.15) is 0 Å². The Morgan fingerprint density at radius 3 is 2.54 bits per heavy atom. The number of carbonyl (C=O) groups is 1. The Labute approximate surface area is 156 Å². The van der Waals surface area contributed by atoms with E-state index in [0.29, 0.717) is 12.5 Å². The first-order valence-electron chi connectivity index (χ1n) is 8.22. The predicted molar refractivity (Wildman–Crippen MR) is 101 cm³/mol. The van der Waals surface area contributed by atoms with E-state index in [0.717, 1.165) is 51.5 Å². The van der Waals surface area contributed by atoms with E-state index in [1.807, 2.05) is 12.1 Å². The van der Waals surface area contributed by atoms with Crippen LogP contribution in [0.3, 0.4) is 0 Å². The van der Waals surface area contributed by atoms with Crippen molar-refractivity contribution in [1.82, 2.24) is 10.2 Å². The molecule has 5 nitrogen and oxygen atoms in total. The summed E-state index contributed by atoms with van der Waals surface area (Å²) in [7, 11) is 0. The van der Waals surface area contributed by atoms with Crippen LogP contribution in [0.4, 0.5) is 5.69 Å². The smallest absolute Gasteiger partial charge is 0.225 e. The van der Waals surface area contributed by atoms with Gasteiger partial charge < -0.3 is 15.4 Å². The minimum absolute atomic E-state index is 0. The molecule has 1 unspecified atom stereocenters. The van der Waals surface area contributed by atoms with Crippen LogP contribution in [0.15, 0.2) is 24.3 Å². The first-order valence-corrected chi connectivity index (χ1v) is 8.22. The van der Waals surface area contributed by atoms with Crippen LogP contribution >= 0.6 is 24.8 Å². The van der Waals surface area contributed by atoms with Crippen LogP contribution in [0.1, 0.15) is 24.8 Å². The molecule has 2 heterocycles. The van der Waals surface area contributed by atoms with Gasteiger partial charge in [-0.25, -0.2) is 0 Å². The van der Waals surface area contributed by atoms with Crippen LogP contribution in [-0.2, 0) is 16.1 Å². The average molecular weight is 376 g/mol. The predicted octanol–water partition coefficient (Wildman–Crippen LogP) is 2.44. The number of amides is 1. The highest BCUT2D eigenvalue weighted by molar-refractivity contribution is 5.91. The Balaban J connectivity index is 0.00000144. The fraction of sp³-hybridized carbons (Fsp3) is 0.588. The van der Waals surface area contributed by atoms with Crippen molar-refractivity contribution in [3.63, 3.8) is 0 Å². The van der Waals surface area contributed by atoms with Gasteiger partial charge in [0, 0.05) is 37.8 Å².